The van der Waals surface area contributed by atoms with E-state index in [0.717, 1.165) is 0 Å². The van der Waals surface area contributed by atoms with Crippen molar-refractivity contribution in [2.24, 2.45) is 0 Å². The number of nitrogens with zero attached hydrogens (tertiary/aromatic N) is 2. The van der Waals surface area contributed by atoms with Crippen molar-refractivity contribution in [1.29, 1.82) is 0 Å². The predicted molar refractivity (Wildman–Crippen MR) is 36.4 cm³/mol. The van der Waals surface area contributed by atoms with E-state index in [-0.39, 0.29) is 8.07 Å². The predicted octanol–water partition coefficient (Wildman–Crippen LogP) is 1.39. The summed E-state index contributed by atoms with van der Waals surface area (Å²) in [5, 5.41) is 0. The third kappa shape index (κ3) is 1.07. The van der Waals surface area contributed by atoms with Crippen molar-refractivity contribution in [2.45, 2.75) is 0 Å². The van der Waals surface area contributed by atoms with Crippen LogP contribution in [0.1, 0.15) is 0 Å². The van der Waals surface area contributed by atoms with E-state index in [1.54, 1.807) is 0 Å². The third-order valence-corrected chi connectivity index (χ3v) is 2.11. The quantitative estimate of drug-likeness (QED) is 0.522. The van der Waals surface area contributed by atoms with Gasteiger partial charge in [0.1, 0.15) is 0 Å². The van der Waals surface area contributed by atoms with Crippen LogP contribution in [0.15, 0.2) is 18.7 Å². The molecule has 0 saturated heterocycles. The van der Waals surface area contributed by atoms with Crippen molar-refractivity contribution in [2.75, 3.05) is 13.3 Å². The van der Waals surface area contributed by atoms with Crippen molar-refractivity contribution in [3.8, 4) is 0 Å². The zero-order chi connectivity index (χ0) is 5.98. The van der Waals surface area contributed by atoms with Crippen molar-refractivity contribution in [3.05, 3.63) is 18.7 Å². The third-order valence-electron chi connectivity index (χ3n) is 0.952. The Morgan fingerprint density at radius 1 is 1.50 bits per heavy atom. The standard InChI is InChI=1S/C5H9N2P/c1-8(2)7-4-3-6-5-7/h3-5H,1-2H3. The van der Waals surface area contributed by atoms with Gasteiger partial charge in [-0.25, -0.2) is 4.98 Å². The number of hydrogen-bond acceptors (Lipinski definition) is 1. The molecule has 0 radical (unpaired) electrons. The first-order valence-electron chi connectivity index (χ1n) is 2.46. The van der Waals surface area contributed by atoms with Gasteiger partial charge in [0.15, 0.2) is 0 Å². The summed E-state index contributed by atoms with van der Waals surface area (Å²) < 4.78 is 2.12. The highest BCUT2D eigenvalue weighted by Crippen LogP contribution is 2.25. The maximum atomic E-state index is 3.92. The molecular formula is C5H9N2P. The van der Waals surface area contributed by atoms with Crippen molar-refractivity contribution < 1.29 is 0 Å². The molecule has 0 bridgehead atoms. The van der Waals surface area contributed by atoms with E-state index in [1.165, 1.54) is 0 Å². The van der Waals surface area contributed by atoms with Crippen molar-refractivity contribution in [3.63, 3.8) is 0 Å². The first kappa shape index (κ1) is 5.77. The number of aromatic nitrogens is 2. The summed E-state index contributed by atoms with van der Waals surface area (Å²) in [4.78, 5) is 3.92. The summed E-state index contributed by atoms with van der Waals surface area (Å²) in [5.41, 5.74) is 0. The van der Waals surface area contributed by atoms with Gasteiger partial charge in [-0.2, -0.15) is 0 Å². The van der Waals surface area contributed by atoms with E-state index in [2.05, 4.69) is 22.7 Å². The van der Waals surface area contributed by atoms with E-state index in [4.69, 9.17) is 0 Å². The molecule has 3 heteroatoms. The normalized spacial score (nSPS) is 10.4. The monoisotopic (exact) mass is 128 g/mol. The van der Waals surface area contributed by atoms with Crippen LogP contribution in [0.4, 0.5) is 0 Å². The van der Waals surface area contributed by atoms with Crippen LogP contribution < -0.4 is 0 Å². The van der Waals surface area contributed by atoms with Gasteiger partial charge >= 0.3 is 0 Å². The van der Waals surface area contributed by atoms with E-state index in [9.17, 15) is 0 Å². The lowest BCUT2D eigenvalue weighted by molar-refractivity contribution is 1.21. The highest BCUT2D eigenvalue weighted by Gasteiger charge is 1.90. The molecule has 1 heterocycles. The maximum absolute atomic E-state index is 3.92. The highest BCUT2D eigenvalue weighted by molar-refractivity contribution is 7.54. The fourth-order valence-corrected chi connectivity index (χ4v) is 1.08. The smallest absolute Gasteiger partial charge is 0.0979 e. The van der Waals surface area contributed by atoms with E-state index in [0.29, 0.717) is 0 Å². The molecule has 2 nitrogen and oxygen atoms in total. The maximum Gasteiger partial charge on any atom is 0.0979 e. The average molecular weight is 128 g/mol. The molecule has 0 fully saturated rings. The first-order valence-corrected chi connectivity index (χ1v) is 4.65. The highest BCUT2D eigenvalue weighted by atomic mass is 31.1. The Bertz CT molecular complexity index is 145. The summed E-state index contributed by atoms with van der Waals surface area (Å²) in [7, 11) is -0.00437. The number of imidazole rings is 1. The van der Waals surface area contributed by atoms with Crippen molar-refractivity contribution >= 4 is 8.07 Å². The van der Waals surface area contributed by atoms with Gasteiger partial charge in [0.25, 0.3) is 0 Å². The largest absolute Gasteiger partial charge is 0.316 e. The molecular weight excluding hydrogens is 119 g/mol. The van der Waals surface area contributed by atoms with Crippen LogP contribution in [0.5, 0.6) is 0 Å². The SMILES string of the molecule is CP(C)n1ccnc1. The molecule has 0 aliphatic carbocycles. The minimum atomic E-state index is -0.00437. The lowest BCUT2D eigenvalue weighted by Gasteiger charge is -2.02. The minimum absolute atomic E-state index is 0.00437. The Kier molecular flexibility index (Phi) is 1.64. The molecule has 0 atom stereocenters. The Labute approximate surface area is 50.4 Å². The molecule has 1 aromatic heterocycles. The van der Waals surface area contributed by atoms with E-state index < -0.39 is 0 Å². The minimum Gasteiger partial charge on any atom is -0.316 e. The Hall–Kier alpha value is -0.360. The van der Waals surface area contributed by atoms with Crippen LogP contribution in [0.25, 0.3) is 0 Å². The molecule has 44 valence electrons. The van der Waals surface area contributed by atoms with E-state index in [1.807, 2.05) is 18.7 Å². The summed E-state index contributed by atoms with van der Waals surface area (Å²) >= 11 is 0. The molecule has 1 aromatic rings. The molecule has 0 spiro atoms. The Morgan fingerprint density at radius 2 is 2.25 bits per heavy atom. The number of hydrogen-bond donors (Lipinski definition) is 0. The van der Waals surface area contributed by atoms with Crippen LogP contribution in [-0.4, -0.2) is 22.7 Å². The van der Waals surface area contributed by atoms with Crippen LogP contribution in [0, 0.1) is 0 Å². The summed E-state index contributed by atoms with van der Waals surface area (Å²) in [5.74, 6) is 0. The van der Waals surface area contributed by atoms with Crippen LogP contribution in [-0.2, 0) is 0 Å². The van der Waals surface area contributed by atoms with Gasteiger partial charge in [0.2, 0.25) is 0 Å². The average Bonchev–Trinajstić information content (AvgIpc) is 2.12. The fourth-order valence-electron chi connectivity index (χ4n) is 0.489. The van der Waals surface area contributed by atoms with Crippen LogP contribution in [0.2, 0.25) is 0 Å². The van der Waals surface area contributed by atoms with Gasteiger partial charge in [0, 0.05) is 12.4 Å². The second kappa shape index (κ2) is 2.27. The summed E-state index contributed by atoms with van der Waals surface area (Å²) in [6.07, 6.45) is 5.65. The molecule has 0 unspecified atom stereocenters. The summed E-state index contributed by atoms with van der Waals surface area (Å²) in [6.45, 7) is 4.38. The van der Waals surface area contributed by atoms with Gasteiger partial charge in [0.05, 0.1) is 6.33 Å². The zero-order valence-electron chi connectivity index (χ0n) is 5.07. The number of rotatable bonds is 1. The molecule has 1 rings (SSSR count). The molecule has 0 amide bonds. The van der Waals surface area contributed by atoms with E-state index >= 15 is 0 Å². The fraction of sp³-hybridized carbons (Fsp3) is 0.400. The summed E-state index contributed by atoms with van der Waals surface area (Å²) in [6, 6.07) is 0. The molecule has 0 aliphatic rings. The molecule has 0 saturated carbocycles. The Balaban J connectivity index is 2.77. The van der Waals surface area contributed by atoms with Crippen LogP contribution >= 0.6 is 8.07 Å². The Morgan fingerprint density at radius 3 is 2.50 bits per heavy atom. The van der Waals surface area contributed by atoms with Gasteiger partial charge in [-0.1, -0.05) is 0 Å². The lowest BCUT2D eigenvalue weighted by Crippen LogP contribution is -1.81. The molecule has 0 aliphatic heterocycles. The topological polar surface area (TPSA) is 17.8 Å². The van der Waals surface area contributed by atoms with Gasteiger partial charge in [-0.05, 0) is 21.4 Å². The second-order valence-electron chi connectivity index (χ2n) is 1.79. The van der Waals surface area contributed by atoms with Crippen molar-refractivity contribution in [1.82, 2.24) is 9.32 Å². The second-order valence-corrected chi connectivity index (χ2v) is 3.95. The molecule has 0 aromatic carbocycles. The van der Waals surface area contributed by atoms with Crippen LogP contribution in [0.3, 0.4) is 0 Å². The van der Waals surface area contributed by atoms with Gasteiger partial charge in [-0.15, -0.1) is 0 Å². The van der Waals surface area contributed by atoms with Gasteiger partial charge in [-0.3, -0.25) is 0 Å². The molecule has 0 N–H and O–H groups in total. The zero-order valence-corrected chi connectivity index (χ0v) is 5.97. The lowest BCUT2D eigenvalue weighted by atomic mass is 11.0. The van der Waals surface area contributed by atoms with Gasteiger partial charge < -0.3 is 4.34 Å². The molecule has 8 heavy (non-hydrogen) atoms. The first-order chi connectivity index (χ1) is 3.80.